The van der Waals surface area contributed by atoms with E-state index in [0.29, 0.717) is 10.6 Å². The van der Waals surface area contributed by atoms with Crippen LogP contribution in [0.4, 0.5) is 10.1 Å². The van der Waals surface area contributed by atoms with Crippen LogP contribution in [0.3, 0.4) is 0 Å². The van der Waals surface area contributed by atoms with E-state index < -0.39 is 34.3 Å². The molecule has 0 radical (unpaired) electrons. The zero-order chi connectivity index (χ0) is 31.9. The molecule has 0 unspecified atom stereocenters. The average Bonchev–Trinajstić information content (AvgIpc) is 2.99. The zero-order valence-corrected chi connectivity index (χ0v) is 26.4. The molecule has 1 atom stereocenters. The minimum Gasteiger partial charge on any atom is -0.352 e. The first-order chi connectivity index (χ1) is 21.0. The highest BCUT2D eigenvalue weighted by Crippen LogP contribution is 2.26. The Balaban J connectivity index is 1.81. The van der Waals surface area contributed by atoms with Crippen molar-refractivity contribution >= 4 is 39.1 Å². The fraction of sp³-hybridized carbons (Fsp3) is 0.235. The molecule has 230 valence electrons. The third kappa shape index (κ3) is 8.24. The van der Waals surface area contributed by atoms with Gasteiger partial charge in [0.1, 0.15) is 18.4 Å². The first kappa shape index (κ1) is 32.7. The highest BCUT2D eigenvalue weighted by Gasteiger charge is 2.35. The van der Waals surface area contributed by atoms with Gasteiger partial charge >= 0.3 is 0 Å². The van der Waals surface area contributed by atoms with Gasteiger partial charge in [-0.15, -0.1) is 0 Å². The summed E-state index contributed by atoms with van der Waals surface area (Å²) in [5, 5.41) is 3.31. The number of rotatable bonds is 12. The molecule has 0 spiro atoms. The molecular weight excluding hydrogens is 601 g/mol. The molecular formula is C34H35ClFN3O4S. The molecule has 0 aromatic heterocycles. The summed E-state index contributed by atoms with van der Waals surface area (Å²) in [6.45, 7) is 4.78. The molecule has 0 saturated heterocycles. The van der Waals surface area contributed by atoms with E-state index in [1.807, 2.05) is 51.1 Å². The summed E-state index contributed by atoms with van der Waals surface area (Å²) in [6.07, 6.45) is 0.177. The number of hydrogen-bond donors (Lipinski definition) is 1. The van der Waals surface area contributed by atoms with Gasteiger partial charge in [-0.05, 0) is 74.4 Å². The standard InChI is InChI=1S/C34H35ClFN3O4S/c1-24(2)37-34(41)32(21-26-9-5-4-6-10-26)38(22-27-11-7-8-12-31(27)35)33(40)23-39(29-17-15-28(36)16-18-29)44(42,43)30-19-13-25(3)14-20-30/h4-20,24,32H,21-23H2,1-3H3,(H,37,41)/t32-/m0/s1. The Bertz CT molecular complexity index is 1680. The predicted octanol–water partition coefficient (Wildman–Crippen LogP) is 6.15. The first-order valence-electron chi connectivity index (χ1n) is 14.2. The van der Waals surface area contributed by atoms with Crippen LogP contribution in [-0.4, -0.2) is 43.8 Å². The fourth-order valence-electron chi connectivity index (χ4n) is 4.72. The largest absolute Gasteiger partial charge is 0.352 e. The van der Waals surface area contributed by atoms with Gasteiger partial charge in [-0.3, -0.25) is 13.9 Å². The van der Waals surface area contributed by atoms with Crippen LogP contribution in [-0.2, 0) is 32.6 Å². The van der Waals surface area contributed by atoms with Crippen molar-refractivity contribution in [2.75, 3.05) is 10.8 Å². The topological polar surface area (TPSA) is 86.8 Å². The molecule has 4 aromatic carbocycles. The number of amides is 2. The lowest BCUT2D eigenvalue weighted by atomic mass is 10.0. The summed E-state index contributed by atoms with van der Waals surface area (Å²) >= 11 is 6.50. The Morgan fingerprint density at radius 1 is 0.864 bits per heavy atom. The van der Waals surface area contributed by atoms with Crippen molar-refractivity contribution in [1.82, 2.24) is 10.2 Å². The van der Waals surface area contributed by atoms with Gasteiger partial charge in [-0.25, -0.2) is 12.8 Å². The number of benzene rings is 4. The maximum absolute atomic E-state index is 14.4. The molecule has 0 heterocycles. The maximum atomic E-state index is 14.4. The van der Waals surface area contributed by atoms with Crippen molar-refractivity contribution in [1.29, 1.82) is 0 Å². The van der Waals surface area contributed by atoms with E-state index in [0.717, 1.165) is 27.6 Å². The Kier molecular flexibility index (Phi) is 10.8. The van der Waals surface area contributed by atoms with E-state index >= 15 is 0 Å². The molecule has 10 heteroatoms. The molecule has 0 aliphatic rings. The molecule has 0 fully saturated rings. The zero-order valence-electron chi connectivity index (χ0n) is 24.8. The van der Waals surface area contributed by atoms with Crippen LogP contribution in [0.15, 0.2) is 108 Å². The van der Waals surface area contributed by atoms with Crippen molar-refractivity contribution in [2.45, 2.75) is 50.7 Å². The summed E-state index contributed by atoms with van der Waals surface area (Å²) in [4.78, 5) is 29.4. The van der Waals surface area contributed by atoms with Crippen molar-refractivity contribution in [3.8, 4) is 0 Å². The van der Waals surface area contributed by atoms with Crippen molar-refractivity contribution < 1.29 is 22.4 Å². The van der Waals surface area contributed by atoms with E-state index in [9.17, 15) is 22.4 Å². The number of nitrogens with one attached hydrogen (secondary N) is 1. The summed E-state index contributed by atoms with van der Waals surface area (Å²) in [6, 6.07) is 26.1. The molecule has 2 amide bonds. The Morgan fingerprint density at radius 3 is 2.09 bits per heavy atom. The smallest absolute Gasteiger partial charge is 0.264 e. The summed E-state index contributed by atoms with van der Waals surface area (Å²) in [5.74, 6) is -1.58. The van der Waals surface area contributed by atoms with Crippen molar-refractivity contribution in [2.24, 2.45) is 0 Å². The third-order valence-electron chi connectivity index (χ3n) is 7.00. The first-order valence-corrected chi connectivity index (χ1v) is 16.0. The van der Waals surface area contributed by atoms with Gasteiger partial charge in [0.15, 0.2) is 0 Å². The Morgan fingerprint density at radius 2 is 1.48 bits per heavy atom. The average molecular weight is 636 g/mol. The Hall–Kier alpha value is -4.21. The molecule has 4 aromatic rings. The van der Waals surface area contributed by atoms with E-state index in [2.05, 4.69) is 5.32 Å². The van der Waals surface area contributed by atoms with Crippen LogP contribution in [0, 0.1) is 12.7 Å². The van der Waals surface area contributed by atoms with Gasteiger partial charge in [0.2, 0.25) is 11.8 Å². The van der Waals surface area contributed by atoms with Crippen LogP contribution in [0.2, 0.25) is 5.02 Å². The summed E-state index contributed by atoms with van der Waals surface area (Å²) in [7, 11) is -4.28. The lowest BCUT2D eigenvalue weighted by Gasteiger charge is -2.34. The minimum absolute atomic E-state index is 0.0312. The molecule has 0 aliphatic heterocycles. The molecule has 4 rings (SSSR count). The van der Waals surface area contributed by atoms with E-state index in [4.69, 9.17) is 11.6 Å². The highest BCUT2D eigenvalue weighted by molar-refractivity contribution is 7.92. The lowest BCUT2D eigenvalue weighted by molar-refractivity contribution is -0.140. The lowest BCUT2D eigenvalue weighted by Crippen LogP contribution is -2.54. The number of aryl methyl sites for hydroxylation is 1. The maximum Gasteiger partial charge on any atom is 0.264 e. The predicted molar refractivity (Wildman–Crippen MR) is 171 cm³/mol. The molecule has 0 bridgehead atoms. The van der Waals surface area contributed by atoms with Gasteiger partial charge in [0.05, 0.1) is 10.6 Å². The number of carbonyl (C=O) groups is 2. The SMILES string of the molecule is Cc1ccc(S(=O)(=O)N(CC(=O)N(Cc2ccccc2Cl)[C@@H](Cc2ccccc2)C(=O)NC(C)C)c2ccc(F)cc2)cc1. The second kappa shape index (κ2) is 14.5. The molecule has 1 N–H and O–H groups in total. The number of halogens is 2. The summed E-state index contributed by atoms with van der Waals surface area (Å²) in [5.41, 5.74) is 2.37. The number of sulfonamides is 1. The van der Waals surface area contributed by atoms with Crippen LogP contribution >= 0.6 is 11.6 Å². The van der Waals surface area contributed by atoms with Crippen molar-refractivity contribution in [3.05, 3.63) is 131 Å². The minimum atomic E-state index is -4.28. The number of anilines is 1. The summed E-state index contributed by atoms with van der Waals surface area (Å²) < 4.78 is 42.8. The molecule has 0 aliphatic carbocycles. The van der Waals surface area contributed by atoms with Crippen molar-refractivity contribution in [3.63, 3.8) is 0 Å². The number of nitrogens with zero attached hydrogens (tertiary/aromatic N) is 2. The number of hydrogen-bond acceptors (Lipinski definition) is 4. The highest BCUT2D eigenvalue weighted by atomic mass is 35.5. The van der Waals surface area contributed by atoms with E-state index in [1.54, 1.807) is 36.4 Å². The van der Waals surface area contributed by atoms with Gasteiger partial charge in [0, 0.05) is 24.0 Å². The normalized spacial score (nSPS) is 12.0. The second-order valence-corrected chi connectivity index (χ2v) is 13.1. The van der Waals surface area contributed by atoms with Gasteiger partial charge in [-0.2, -0.15) is 0 Å². The van der Waals surface area contributed by atoms with Crippen LogP contribution < -0.4 is 9.62 Å². The van der Waals surface area contributed by atoms with Crippen LogP contribution in [0.1, 0.15) is 30.5 Å². The third-order valence-corrected chi connectivity index (χ3v) is 9.16. The monoisotopic (exact) mass is 635 g/mol. The van der Waals surface area contributed by atoms with E-state index in [-0.39, 0.29) is 35.5 Å². The molecule has 0 saturated carbocycles. The van der Waals surface area contributed by atoms with Crippen LogP contribution in [0.5, 0.6) is 0 Å². The van der Waals surface area contributed by atoms with Crippen LogP contribution in [0.25, 0.3) is 0 Å². The van der Waals surface area contributed by atoms with Gasteiger partial charge in [-0.1, -0.05) is 77.8 Å². The van der Waals surface area contributed by atoms with E-state index in [1.165, 1.54) is 29.2 Å². The fourth-order valence-corrected chi connectivity index (χ4v) is 6.33. The van der Waals surface area contributed by atoms with Gasteiger partial charge in [0.25, 0.3) is 10.0 Å². The molecule has 7 nitrogen and oxygen atoms in total. The van der Waals surface area contributed by atoms with Gasteiger partial charge < -0.3 is 10.2 Å². The number of carbonyl (C=O) groups excluding carboxylic acids is 2. The Labute approximate surface area is 263 Å². The molecule has 44 heavy (non-hydrogen) atoms. The second-order valence-electron chi connectivity index (χ2n) is 10.8. The quantitative estimate of drug-likeness (QED) is 0.202.